The van der Waals surface area contributed by atoms with Crippen LogP contribution in [0.2, 0.25) is 0 Å². The molecule has 1 saturated heterocycles. The molecular formula is C13H16N6O6. The predicted octanol–water partition coefficient (Wildman–Crippen LogP) is -0.699. The Labute approximate surface area is 140 Å². The van der Waals surface area contributed by atoms with Gasteiger partial charge in [-0.3, -0.25) is 19.9 Å². The van der Waals surface area contributed by atoms with Gasteiger partial charge in [-0.2, -0.15) is 0 Å². The quantitative estimate of drug-likeness (QED) is 0.399. The van der Waals surface area contributed by atoms with E-state index in [0.717, 1.165) is 12.8 Å². The minimum Gasteiger partial charge on any atom is -0.382 e. The molecule has 3 heterocycles. The number of rotatable bonds is 5. The van der Waals surface area contributed by atoms with E-state index in [1.807, 2.05) is 0 Å². The number of imidazole rings is 1. The standard InChI is InChI=1S/C13H16N6O6/c14-10-6-11(16-3-15-10)19(4-17-6)13-9(25-22)7(24-21)8(23-13)12(20)18-5-1-2-5/h3-5,7-9,13,21-22H,1-2H2,(H,18,20)(H2,14,15,16)/t7-,8+,9-,13?/m1/s1. The van der Waals surface area contributed by atoms with Crippen molar-refractivity contribution in [3.63, 3.8) is 0 Å². The van der Waals surface area contributed by atoms with Crippen molar-refractivity contribution < 1.29 is 29.8 Å². The third-order valence-electron chi connectivity index (χ3n) is 4.28. The fraction of sp³-hybridized carbons (Fsp3) is 0.538. The average Bonchev–Trinajstić information content (AvgIpc) is 3.19. The van der Waals surface area contributed by atoms with Gasteiger partial charge in [0.25, 0.3) is 5.91 Å². The van der Waals surface area contributed by atoms with Crippen LogP contribution in [-0.2, 0) is 19.3 Å². The predicted molar refractivity (Wildman–Crippen MR) is 79.8 cm³/mol. The highest BCUT2D eigenvalue weighted by atomic mass is 17.1. The van der Waals surface area contributed by atoms with E-state index in [1.54, 1.807) is 0 Å². The highest BCUT2D eigenvalue weighted by molar-refractivity contribution is 5.83. The number of nitrogens with two attached hydrogens (primary N) is 1. The topological polar surface area (TPSA) is 167 Å². The van der Waals surface area contributed by atoms with Gasteiger partial charge < -0.3 is 15.8 Å². The number of nitrogen functional groups attached to an aromatic ring is 1. The summed E-state index contributed by atoms with van der Waals surface area (Å²) in [5, 5.41) is 21.2. The summed E-state index contributed by atoms with van der Waals surface area (Å²) in [6, 6.07) is 0.0876. The van der Waals surface area contributed by atoms with E-state index in [-0.39, 0.29) is 11.9 Å². The fourth-order valence-electron chi connectivity index (χ4n) is 2.87. The third kappa shape index (κ3) is 2.69. The summed E-state index contributed by atoms with van der Waals surface area (Å²) in [5.74, 6) is -0.300. The number of fused-ring (bicyclic) bond motifs is 1. The lowest BCUT2D eigenvalue weighted by Crippen LogP contribution is -2.45. The molecule has 0 aromatic carbocycles. The lowest BCUT2D eigenvalue weighted by Gasteiger charge is -2.18. The Morgan fingerprint density at radius 1 is 1.28 bits per heavy atom. The number of ether oxygens (including phenoxy) is 1. The summed E-state index contributed by atoms with van der Waals surface area (Å²) in [6.45, 7) is 0. The van der Waals surface area contributed by atoms with Gasteiger partial charge in [0.05, 0.1) is 6.33 Å². The van der Waals surface area contributed by atoms with Crippen LogP contribution in [0.1, 0.15) is 19.1 Å². The highest BCUT2D eigenvalue weighted by Gasteiger charge is 2.52. The van der Waals surface area contributed by atoms with E-state index in [4.69, 9.17) is 10.5 Å². The molecule has 2 fully saturated rings. The molecule has 1 unspecified atom stereocenters. The van der Waals surface area contributed by atoms with Crippen molar-refractivity contribution in [2.75, 3.05) is 5.73 Å². The number of amides is 1. The van der Waals surface area contributed by atoms with E-state index >= 15 is 0 Å². The Morgan fingerprint density at radius 2 is 2.04 bits per heavy atom. The number of anilines is 1. The second kappa shape index (κ2) is 6.16. The molecule has 1 aliphatic carbocycles. The van der Waals surface area contributed by atoms with Crippen LogP contribution >= 0.6 is 0 Å². The number of aromatic nitrogens is 4. The Kier molecular flexibility index (Phi) is 3.97. The van der Waals surface area contributed by atoms with Gasteiger partial charge in [0.1, 0.15) is 11.8 Å². The van der Waals surface area contributed by atoms with Crippen LogP contribution in [0.5, 0.6) is 0 Å². The number of carbonyl (C=O) groups is 1. The first-order valence-corrected chi connectivity index (χ1v) is 7.63. The second-order valence-corrected chi connectivity index (χ2v) is 5.95. The van der Waals surface area contributed by atoms with Crippen LogP contribution in [0, 0.1) is 0 Å². The van der Waals surface area contributed by atoms with Gasteiger partial charge in [-0.05, 0) is 12.8 Å². The molecule has 0 spiro atoms. The first-order chi connectivity index (χ1) is 12.1. The van der Waals surface area contributed by atoms with Gasteiger partial charge in [0.2, 0.25) is 0 Å². The van der Waals surface area contributed by atoms with E-state index in [0.29, 0.717) is 11.2 Å². The Hall–Kier alpha value is -2.38. The van der Waals surface area contributed by atoms with Crippen molar-refractivity contribution >= 4 is 22.9 Å². The number of nitrogens with zero attached hydrogens (tertiary/aromatic N) is 4. The molecule has 0 bridgehead atoms. The van der Waals surface area contributed by atoms with E-state index in [9.17, 15) is 15.3 Å². The monoisotopic (exact) mass is 352 g/mol. The van der Waals surface area contributed by atoms with Crippen LogP contribution in [0.25, 0.3) is 11.2 Å². The molecule has 5 N–H and O–H groups in total. The van der Waals surface area contributed by atoms with Crippen LogP contribution in [0.4, 0.5) is 5.82 Å². The molecule has 0 radical (unpaired) electrons. The molecule has 12 heteroatoms. The molecule has 2 aromatic heterocycles. The summed E-state index contributed by atoms with van der Waals surface area (Å²) in [4.78, 5) is 33.1. The smallest absolute Gasteiger partial charge is 0.252 e. The third-order valence-corrected chi connectivity index (χ3v) is 4.28. The molecule has 2 aliphatic rings. The Morgan fingerprint density at radius 3 is 2.72 bits per heavy atom. The Balaban J connectivity index is 1.67. The maximum absolute atomic E-state index is 12.3. The lowest BCUT2D eigenvalue weighted by molar-refractivity contribution is -0.352. The van der Waals surface area contributed by atoms with E-state index < -0.39 is 30.4 Å². The van der Waals surface area contributed by atoms with Crippen molar-refractivity contribution in [1.82, 2.24) is 24.8 Å². The first kappa shape index (κ1) is 16.1. The summed E-state index contributed by atoms with van der Waals surface area (Å²) in [5.41, 5.74) is 6.40. The zero-order valence-corrected chi connectivity index (χ0v) is 12.8. The normalized spacial score (nSPS) is 29.2. The maximum atomic E-state index is 12.3. The molecule has 4 atom stereocenters. The van der Waals surface area contributed by atoms with Crippen LogP contribution in [0.3, 0.4) is 0 Å². The summed E-state index contributed by atoms with van der Waals surface area (Å²) in [6.07, 6.45) is -0.289. The molecule has 4 rings (SSSR count). The summed E-state index contributed by atoms with van der Waals surface area (Å²) >= 11 is 0. The lowest BCUT2D eigenvalue weighted by atomic mass is 10.1. The molecule has 25 heavy (non-hydrogen) atoms. The average molecular weight is 352 g/mol. The second-order valence-electron chi connectivity index (χ2n) is 5.95. The highest BCUT2D eigenvalue weighted by Crippen LogP contribution is 2.35. The van der Waals surface area contributed by atoms with Crippen molar-refractivity contribution in [1.29, 1.82) is 0 Å². The number of nitrogens with one attached hydrogen (secondary N) is 1. The summed E-state index contributed by atoms with van der Waals surface area (Å²) < 4.78 is 7.11. The van der Waals surface area contributed by atoms with Gasteiger partial charge in [-0.1, -0.05) is 0 Å². The first-order valence-electron chi connectivity index (χ1n) is 7.63. The Bertz CT molecular complexity index is 794. The molecule has 134 valence electrons. The van der Waals surface area contributed by atoms with Crippen LogP contribution in [0.15, 0.2) is 12.7 Å². The minimum atomic E-state index is -1.25. The maximum Gasteiger partial charge on any atom is 0.252 e. The zero-order valence-electron chi connectivity index (χ0n) is 12.8. The van der Waals surface area contributed by atoms with Gasteiger partial charge in [-0.25, -0.2) is 24.7 Å². The van der Waals surface area contributed by atoms with E-state index in [2.05, 4.69) is 30.0 Å². The SMILES string of the molecule is Nc1ncnc2c1ncn2C1O[C@H](C(=O)NC2CC2)[C@@H](OO)[C@H]1OO. The molecule has 2 aromatic rings. The van der Waals surface area contributed by atoms with E-state index in [1.165, 1.54) is 17.2 Å². The van der Waals surface area contributed by atoms with Crippen LogP contribution in [-0.4, -0.2) is 60.3 Å². The summed E-state index contributed by atoms with van der Waals surface area (Å²) in [7, 11) is 0. The van der Waals surface area contributed by atoms with Crippen molar-refractivity contribution in [2.24, 2.45) is 0 Å². The van der Waals surface area contributed by atoms with Gasteiger partial charge in [0, 0.05) is 6.04 Å². The number of hydrogen-bond acceptors (Lipinski definition) is 10. The van der Waals surface area contributed by atoms with Gasteiger partial charge in [0.15, 0.2) is 36.0 Å². The molecule has 12 nitrogen and oxygen atoms in total. The van der Waals surface area contributed by atoms with Crippen molar-refractivity contribution in [3.05, 3.63) is 12.7 Å². The molecular weight excluding hydrogens is 336 g/mol. The number of carbonyl (C=O) groups excluding carboxylic acids is 1. The zero-order chi connectivity index (χ0) is 17.6. The molecule has 1 aliphatic heterocycles. The molecule has 1 saturated carbocycles. The van der Waals surface area contributed by atoms with Crippen LogP contribution < -0.4 is 11.1 Å². The van der Waals surface area contributed by atoms with Crippen molar-refractivity contribution in [3.8, 4) is 0 Å². The largest absolute Gasteiger partial charge is 0.382 e. The number of hydrogen-bond donors (Lipinski definition) is 4. The van der Waals surface area contributed by atoms with Crippen molar-refractivity contribution in [2.45, 2.75) is 43.4 Å². The molecule has 1 amide bonds. The van der Waals surface area contributed by atoms with Gasteiger partial charge in [-0.15, -0.1) is 0 Å². The minimum absolute atomic E-state index is 0.0876. The van der Waals surface area contributed by atoms with Gasteiger partial charge >= 0.3 is 0 Å². The fourth-order valence-corrected chi connectivity index (χ4v) is 2.87.